The SMILES string of the molecule is FC(F)(F)C(F)(F)Oc1cccc([PH]([CH](Cl)[Pd])(C2CCCCC2)C2CCCCC2)c1. The van der Waals surface area contributed by atoms with Crippen molar-refractivity contribution in [2.75, 3.05) is 0 Å². The number of rotatable bonds is 6. The molecule has 0 aliphatic heterocycles. The molecule has 0 N–H and O–H groups in total. The second kappa shape index (κ2) is 9.90. The van der Waals surface area contributed by atoms with E-state index in [-0.39, 0.29) is 3.59 Å². The van der Waals surface area contributed by atoms with E-state index < -0.39 is 25.3 Å². The van der Waals surface area contributed by atoms with E-state index in [0.29, 0.717) is 11.3 Å². The van der Waals surface area contributed by atoms with Gasteiger partial charge in [0.1, 0.15) is 0 Å². The third-order valence-corrected chi connectivity index (χ3v) is 15.9. The molecule has 0 bridgehead atoms. The van der Waals surface area contributed by atoms with Crippen molar-refractivity contribution in [2.24, 2.45) is 0 Å². The molecule has 30 heavy (non-hydrogen) atoms. The minimum absolute atomic E-state index is 0.287. The normalized spacial score (nSPS) is 22.0. The molecule has 175 valence electrons. The van der Waals surface area contributed by atoms with E-state index in [2.05, 4.69) is 23.9 Å². The Hall–Kier alpha value is 0.0523. The Kier molecular flexibility index (Phi) is 8.15. The average Bonchev–Trinajstić information content (AvgIpc) is 2.69. The van der Waals surface area contributed by atoms with Gasteiger partial charge in [0, 0.05) is 0 Å². The zero-order valence-electron chi connectivity index (χ0n) is 16.6. The van der Waals surface area contributed by atoms with Crippen LogP contribution in [0.4, 0.5) is 22.0 Å². The minimum atomic E-state index is -5.77. The summed E-state index contributed by atoms with van der Waals surface area (Å²) in [6, 6.07) is 5.99. The summed E-state index contributed by atoms with van der Waals surface area (Å²) < 4.78 is 69.0. The number of hydrogen-bond acceptors (Lipinski definition) is 1. The van der Waals surface area contributed by atoms with Crippen molar-refractivity contribution in [1.82, 2.24) is 0 Å². The van der Waals surface area contributed by atoms with Gasteiger partial charge in [-0.15, -0.1) is 0 Å². The Labute approximate surface area is 191 Å². The molecule has 2 saturated carbocycles. The van der Waals surface area contributed by atoms with Crippen LogP contribution in [0, 0.1) is 0 Å². The molecule has 1 atom stereocenters. The second-order valence-electron chi connectivity index (χ2n) is 8.52. The fourth-order valence-corrected chi connectivity index (χ4v) is 15.9. The molecular formula is C21H28ClF5OPPd. The number of halogens is 6. The van der Waals surface area contributed by atoms with Crippen molar-refractivity contribution in [3.63, 3.8) is 0 Å². The summed E-state index contributed by atoms with van der Waals surface area (Å²) in [5, 5.41) is 0.837. The van der Waals surface area contributed by atoms with Crippen molar-refractivity contribution in [3.8, 4) is 5.75 Å². The summed E-state index contributed by atoms with van der Waals surface area (Å²) in [6.45, 7) is 0. The first-order valence-electron chi connectivity index (χ1n) is 10.6. The predicted molar refractivity (Wildman–Crippen MR) is 109 cm³/mol. The summed E-state index contributed by atoms with van der Waals surface area (Å²) in [7, 11) is -2.51. The third kappa shape index (κ3) is 5.00. The zero-order chi connectivity index (χ0) is 22.0. The summed E-state index contributed by atoms with van der Waals surface area (Å²) in [6.07, 6.45) is -0.0915. The molecule has 1 unspecified atom stereocenters. The monoisotopic (exact) mass is 563 g/mol. The van der Waals surface area contributed by atoms with E-state index in [1.807, 2.05) is 6.07 Å². The molecular weight excluding hydrogens is 536 g/mol. The van der Waals surface area contributed by atoms with Gasteiger partial charge in [-0.1, -0.05) is 0 Å². The van der Waals surface area contributed by atoms with E-state index in [4.69, 9.17) is 11.6 Å². The average molecular weight is 564 g/mol. The molecule has 1 aromatic carbocycles. The number of benzene rings is 1. The van der Waals surface area contributed by atoms with Crippen molar-refractivity contribution in [2.45, 2.75) is 91.4 Å². The van der Waals surface area contributed by atoms with Crippen LogP contribution in [0.1, 0.15) is 64.2 Å². The second-order valence-corrected chi connectivity index (χ2v) is 16.2. The van der Waals surface area contributed by atoms with Gasteiger partial charge < -0.3 is 0 Å². The molecule has 2 fully saturated rings. The fourth-order valence-electron chi connectivity index (χ4n) is 5.44. The van der Waals surface area contributed by atoms with Crippen LogP contribution in [-0.2, 0) is 19.2 Å². The Morgan fingerprint density at radius 3 is 1.83 bits per heavy atom. The first-order chi connectivity index (χ1) is 14.1. The van der Waals surface area contributed by atoms with Crippen LogP contribution in [0.25, 0.3) is 0 Å². The van der Waals surface area contributed by atoms with Crippen LogP contribution in [0.5, 0.6) is 5.75 Å². The van der Waals surface area contributed by atoms with Gasteiger partial charge in [0.05, 0.1) is 0 Å². The van der Waals surface area contributed by atoms with Crippen molar-refractivity contribution in [3.05, 3.63) is 24.3 Å². The zero-order valence-corrected chi connectivity index (χ0v) is 19.9. The van der Waals surface area contributed by atoms with Crippen molar-refractivity contribution < 1.29 is 45.9 Å². The van der Waals surface area contributed by atoms with Crippen LogP contribution in [0.2, 0.25) is 0 Å². The molecule has 1 nitrogen and oxygen atoms in total. The van der Waals surface area contributed by atoms with E-state index in [1.54, 1.807) is 0 Å². The standard InChI is InChI=1S/C21H28ClF5OP.Pd/c22-15-29(17-9-3-1-4-10-17,18-11-5-2-6-12-18)19-13-7-8-16(14-19)28-21(26,27)20(23,24)25;/h7-8,13-15,17-18,29H,1-6,9-12H2;. The van der Waals surface area contributed by atoms with Gasteiger partial charge in [0.2, 0.25) is 0 Å². The van der Waals surface area contributed by atoms with Gasteiger partial charge in [-0.25, -0.2) is 0 Å². The maximum absolute atomic E-state index is 13.5. The summed E-state index contributed by atoms with van der Waals surface area (Å²) in [5.41, 5.74) is 0.759. The van der Waals surface area contributed by atoms with Crippen LogP contribution in [-0.4, -0.2) is 27.2 Å². The van der Waals surface area contributed by atoms with E-state index in [1.165, 1.54) is 31.0 Å². The molecule has 2 aliphatic carbocycles. The molecule has 2 aliphatic rings. The molecule has 9 heteroatoms. The van der Waals surface area contributed by atoms with Gasteiger partial charge in [-0.3, -0.25) is 0 Å². The van der Waals surface area contributed by atoms with Crippen LogP contribution >= 0.6 is 18.9 Å². The Balaban J connectivity index is 2.05. The quantitative estimate of drug-likeness (QED) is 0.152. The van der Waals surface area contributed by atoms with Gasteiger partial charge in [-0.2, -0.15) is 0 Å². The van der Waals surface area contributed by atoms with Crippen LogP contribution < -0.4 is 10.0 Å². The first kappa shape index (κ1) is 24.7. The third-order valence-electron chi connectivity index (χ3n) is 6.80. The van der Waals surface area contributed by atoms with Gasteiger partial charge >= 0.3 is 191 Å². The van der Waals surface area contributed by atoms with E-state index in [9.17, 15) is 22.0 Å². The van der Waals surface area contributed by atoms with Crippen LogP contribution in [0.3, 0.4) is 0 Å². The molecule has 1 aromatic rings. The molecule has 3 rings (SSSR count). The molecule has 0 amide bonds. The van der Waals surface area contributed by atoms with Crippen molar-refractivity contribution in [1.29, 1.82) is 0 Å². The molecule has 0 radical (unpaired) electrons. The number of alkyl halides is 6. The molecule has 0 spiro atoms. The Morgan fingerprint density at radius 1 is 0.900 bits per heavy atom. The Bertz CT molecular complexity index is 685. The summed E-state index contributed by atoms with van der Waals surface area (Å²) in [5.74, 6) is -0.451. The Morgan fingerprint density at radius 2 is 1.40 bits per heavy atom. The topological polar surface area (TPSA) is 9.23 Å². The maximum atomic E-state index is 13.5. The van der Waals surface area contributed by atoms with Crippen LogP contribution in [0.15, 0.2) is 24.3 Å². The molecule has 0 saturated heterocycles. The van der Waals surface area contributed by atoms with E-state index in [0.717, 1.165) is 56.7 Å². The van der Waals surface area contributed by atoms with Crippen molar-refractivity contribution >= 4 is 24.2 Å². The van der Waals surface area contributed by atoms with E-state index >= 15 is 0 Å². The van der Waals surface area contributed by atoms with Gasteiger partial charge in [-0.05, 0) is 0 Å². The summed E-state index contributed by atoms with van der Waals surface area (Å²) >= 11 is 10.2. The predicted octanol–water partition coefficient (Wildman–Crippen LogP) is 7.33. The number of hydrogen-bond donors (Lipinski definition) is 0. The van der Waals surface area contributed by atoms with Gasteiger partial charge in [0.15, 0.2) is 0 Å². The number of ether oxygens (including phenoxy) is 1. The molecule has 0 aromatic heterocycles. The fraction of sp³-hybridized carbons (Fsp3) is 0.714. The van der Waals surface area contributed by atoms with Gasteiger partial charge in [0.25, 0.3) is 0 Å². The molecule has 0 heterocycles. The first-order valence-corrected chi connectivity index (χ1v) is 14.1. The summed E-state index contributed by atoms with van der Waals surface area (Å²) in [4.78, 5) is 0.